The highest BCUT2D eigenvalue weighted by atomic mass is 35.5. The molecule has 0 bridgehead atoms. The van der Waals surface area contributed by atoms with Crippen molar-refractivity contribution in [2.75, 3.05) is 0 Å². The molecule has 4 N–H and O–H groups in total. The Balaban J connectivity index is 1.76. The number of hydrogen-bond donors (Lipinski definition) is 4. The molecule has 0 unspecified atom stereocenters. The lowest BCUT2D eigenvalue weighted by molar-refractivity contribution is -0.126. The maximum Gasteiger partial charge on any atom is 0.635 e. The van der Waals surface area contributed by atoms with E-state index in [9.17, 15) is 19.6 Å². The lowest BCUT2D eigenvalue weighted by atomic mass is 10.0. The van der Waals surface area contributed by atoms with Gasteiger partial charge in [-0.15, -0.1) is 0 Å². The summed E-state index contributed by atoms with van der Waals surface area (Å²) in [6.45, 7) is 0. The van der Waals surface area contributed by atoms with Crippen molar-refractivity contribution >= 4 is 42.3 Å². The topological polar surface area (TPSA) is 108 Å². The number of rotatable bonds is 10. The second-order valence-corrected chi connectivity index (χ2v) is 8.32. The molecule has 1 saturated carbocycles. The molecule has 2 aromatic carbocycles. The molecule has 3 rings (SSSR count). The Morgan fingerprint density at radius 1 is 1.10 bits per heavy atom. The average molecular weight is 465 g/mol. The summed E-state index contributed by atoms with van der Waals surface area (Å²) in [7, 11) is -2.02. The third-order valence-electron chi connectivity index (χ3n) is 4.91. The highest BCUT2D eigenvalue weighted by molar-refractivity contribution is 6.35. The summed E-state index contributed by atoms with van der Waals surface area (Å²) in [5.41, 5.74) is 0.985. The largest absolute Gasteiger partial charge is 0.635 e. The van der Waals surface area contributed by atoms with Gasteiger partial charge in [0.2, 0.25) is 5.91 Å². The van der Waals surface area contributed by atoms with Crippen molar-refractivity contribution in [1.29, 1.82) is 0 Å². The van der Waals surface area contributed by atoms with E-state index in [1.54, 1.807) is 6.07 Å². The SMILES string of the molecule is O=C(N[C@@H](Cc1ccccc1)C(=O)N[C@@H](CC1CC1)OB(O)O)c1cc(Cl)ccc1Cl. The quantitative estimate of drug-likeness (QED) is 0.319. The fraction of sp³-hybridized carbons (Fsp3) is 0.333. The maximum absolute atomic E-state index is 13.0. The summed E-state index contributed by atoms with van der Waals surface area (Å²) in [4.78, 5) is 25.9. The molecule has 7 nitrogen and oxygen atoms in total. The van der Waals surface area contributed by atoms with E-state index in [0.29, 0.717) is 17.4 Å². The van der Waals surface area contributed by atoms with E-state index < -0.39 is 31.4 Å². The van der Waals surface area contributed by atoms with Gasteiger partial charge in [-0.2, -0.15) is 0 Å². The summed E-state index contributed by atoms with van der Waals surface area (Å²) >= 11 is 12.1. The lowest BCUT2D eigenvalue weighted by Crippen LogP contribution is -2.52. The molecule has 2 atom stereocenters. The van der Waals surface area contributed by atoms with E-state index in [4.69, 9.17) is 27.9 Å². The van der Waals surface area contributed by atoms with Crippen LogP contribution in [0.2, 0.25) is 10.0 Å². The Morgan fingerprint density at radius 2 is 1.81 bits per heavy atom. The van der Waals surface area contributed by atoms with Gasteiger partial charge in [-0.05, 0) is 36.1 Å². The summed E-state index contributed by atoms with van der Waals surface area (Å²) in [6.07, 6.45) is 1.78. The zero-order chi connectivity index (χ0) is 22.4. The molecule has 1 aliphatic rings. The predicted molar refractivity (Wildman–Crippen MR) is 118 cm³/mol. The summed E-state index contributed by atoms with van der Waals surface area (Å²) < 4.78 is 5.02. The zero-order valence-corrected chi connectivity index (χ0v) is 18.1. The second-order valence-electron chi connectivity index (χ2n) is 7.48. The van der Waals surface area contributed by atoms with E-state index in [-0.39, 0.29) is 17.0 Å². The molecule has 2 aromatic rings. The molecule has 10 heteroatoms. The lowest BCUT2D eigenvalue weighted by Gasteiger charge is -2.24. The molecule has 0 saturated heterocycles. The van der Waals surface area contributed by atoms with Crippen LogP contribution in [0.5, 0.6) is 0 Å². The van der Waals surface area contributed by atoms with Gasteiger partial charge < -0.3 is 25.3 Å². The number of carbonyl (C=O) groups excluding carboxylic acids is 2. The molecule has 1 aliphatic carbocycles. The first kappa shape index (κ1) is 23.6. The van der Waals surface area contributed by atoms with E-state index in [2.05, 4.69) is 10.6 Å². The van der Waals surface area contributed by atoms with Crippen LogP contribution < -0.4 is 10.6 Å². The Kier molecular flexibility index (Phi) is 8.34. The highest BCUT2D eigenvalue weighted by Gasteiger charge is 2.31. The molecular formula is C21H23BCl2N2O5. The first-order chi connectivity index (χ1) is 14.8. The van der Waals surface area contributed by atoms with Gasteiger partial charge in [0.15, 0.2) is 0 Å². The van der Waals surface area contributed by atoms with Crippen LogP contribution in [0.3, 0.4) is 0 Å². The van der Waals surface area contributed by atoms with Crippen LogP contribution in [-0.2, 0) is 15.9 Å². The number of amides is 2. The highest BCUT2D eigenvalue weighted by Crippen LogP contribution is 2.33. The fourth-order valence-electron chi connectivity index (χ4n) is 3.18. The maximum atomic E-state index is 13.0. The van der Waals surface area contributed by atoms with E-state index in [1.165, 1.54) is 12.1 Å². The minimum absolute atomic E-state index is 0.150. The Labute approximate surface area is 190 Å². The van der Waals surface area contributed by atoms with Crippen molar-refractivity contribution in [3.63, 3.8) is 0 Å². The molecule has 0 radical (unpaired) electrons. The van der Waals surface area contributed by atoms with Gasteiger partial charge in [0.1, 0.15) is 12.3 Å². The smallest absolute Gasteiger partial charge is 0.402 e. The number of hydrogen-bond acceptors (Lipinski definition) is 5. The van der Waals surface area contributed by atoms with Crippen LogP contribution in [0.25, 0.3) is 0 Å². The van der Waals surface area contributed by atoms with Gasteiger partial charge in [-0.3, -0.25) is 9.59 Å². The minimum atomic E-state index is -2.02. The van der Waals surface area contributed by atoms with Crippen LogP contribution in [0.15, 0.2) is 48.5 Å². The Bertz CT molecular complexity index is 908. The van der Waals surface area contributed by atoms with Crippen LogP contribution in [0.1, 0.15) is 35.2 Å². The molecule has 2 amide bonds. The number of halogens is 2. The third kappa shape index (κ3) is 7.52. The van der Waals surface area contributed by atoms with E-state index >= 15 is 0 Å². The summed E-state index contributed by atoms with van der Waals surface area (Å²) in [5.74, 6) is -0.705. The summed E-state index contributed by atoms with van der Waals surface area (Å²) in [6, 6.07) is 12.8. The van der Waals surface area contributed by atoms with Crippen molar-refractivity contribution in [3.8, 4) is 0 Å². The van der Waals surface area contributed by atoms with Gasteiger partial charge in [0.25, 0.3) is 5.91 Å². The first-order valence-electron chi connectivity index (χ1n) is 9.93. The van der Waals surface area contributed by atoms with Crippen LogP contribution in [-0.4, -0.2) is 41.5 Å². The zero-order valence-electron chi connectivity index (χ0n) is 16.6. The van der Waals surface area contributed by atoms with Gasteiger partial charge in [-0.25, -0.2) is 0 Å². The van der Waals surface area contributed by atoms with Crippen molar-refractivity contribution < 1.29 is 24.3 Å². The van der Waals surface area contributed by atoms with Gasteiger partial charge in [-0.1, -0.05) is 66.4 Å². The average Bonchev–Trinajstić information content (AvgIpc) is 3.53. The molecule has 0 heterocycles. The van der Waals surface area contributed by atoms with Crippen molar-refractivity contribution in [3.05, 3.63) is 69.7 Å². The molecule has 0 spiro atoms. The molecule has 0 aromatic heterocycles. The van der Waals surface area contributed by atoms with Crippen LogP contribution >= 0.6 is 23.2 Å². The number of benzene rings is 2. The van der Waals surface area contributed by atoms with Gasteiger partial charge in [0, 0.05) is 11.4 Å². The standard InChI is InChI=1S/C21H23BCl2N2O5/c23-15-8-9-17(24)16(12-15)20(27)25-18(10-13-4-2-1-3-5-13)21(28)26-19(31-22(29)30)11-14-6-7-14/h1-5,8-9,12,14,18-19,29-30H,6-7,10-11H2,(H,25,27)(H,26,28)/t18-,19+/m0/s1. The van der Waals surface area contributed by atoms with Crippen LogP contribution in [0, 0.1) is 5.92 Å². The van der Waals surface area contributed by atoms with Gasteiger partial charge >= 0.3 is 7.32 Å². The Hall–Kier alpha value is -2.10. The minimum Gasteiger partial charge on any atom is -0.402 e. The van der Waals surface area contributed by atoms with E-state index in [0.717, 1.165) is 18.4 Å². The molecule has 164 valence electrons. The normalized spacial score (nSPS) is 15.1. The number of carbonyl (C=O) groups is 2. The summed E-state index contributed by atoms with van der Waals surface area (Å²) in [5, 5.41) is 24.3. The fourth-order valence-corrected chi connectivity index (χ4v) is 3.55. The van der Waals surface area contributed by atoms with Gasteiger partial charge in [0.05, 0.1) is 10.6 Å². The first-order valence-corrected chi connectivity index (χ1v) is 10.7. The molecule has 31 heavy (non-hydrogen) atoms. The molecular weight excluding hydrogens is 442 g/mol. The van der Waals surface area contributed by atoms with Crippen molar-refractivity contribution in [2.24, 2.45) is 5.92 Å². The van der Waals surface area contributed by atoms with Crippen molar-refractivity contribution in [1.82, 2.24) is 10.6 Å². The molecule has 1 fully saturated rings. The van der Waals surface area contributed by atoms with Crippen LogP contribution in [0.4, 0.5) is 0 Å². The Morgan fingerprint density at radius 3 is 2.45 bits per heavy atom. The number of nitrogens with one attached hydrogen (secondary N) is 2. The monoisotopic (exact) mass is 464 g/mol. The molecule has 0 aliphatic heterocycles. The third-order valence-corrected chi connectivity index (χ3v) is 5.48. The second kappa shape index (κ2) is 11.0. The van der Waals surface area contributed by atoms with Crippen molar-refractivity contribution in [2.45, 2.75) is 38.0 Å². The predicted octanol–water partition coefficient (Wildman–Crippen LogP) is 2.56. The van der Waals surface area contributed by atoms with E-state index in [1.807, 2.05) is 30.3 Å².